The Morgan fingerprint density at radius 3 is 2.82 bits per heavy atom. The Balaban J connectivity index is 1.83. The van der Waals surface area contributed by atoms with Gasteiger partial charge in [-0.3, -0.25) is 13.6 Å². The molecule has 1 aromatic rings. The minimum atomic E-state index is -4.19. The van der Waals surface area contributed by atoms with Crippen molar-refractivity contribution in [1.82, 2.24) is 9.55 Å². The van der Waals surface area contributed by atoms with E-state index >= 15 is 0 Å². The van der Waals surface area contributed by atoms with Crippen LogP contribution in [-0.4, -0.2) is 52.7 Å². The Kier molecular flexibility index (Phi) is 9.42. The lowest BCUT2D eigenvalue weighted by atomic mass is 10.2. The Hall–Kier alpha value is -0.940. The molecule has 1 unspecified atom stereocenters. The van der Waals surface area contributed by atoms with Gasteiger partial charge in [0, 0.05) is 19.7 Å². The van der Waals surface area contributed by atoms with Crippen molar-refractivity contribution < 1.29 is 28.0 Å². The number of nitrogens with two attached hydrogens (primary N) is 1. The topological polar surface area (TPSA) is 135 Å². The number of methoxy groups -OCH3 is 1. The number of phosphoric acid groups is 1. The van der Waals surface area contributed by atoms with Crippen LogP contribution in [0.4, 0.5) is 5.82 Å². The first-order chi connectivity index (χ1) is 13.4. The number of anilines is 1. The maximum absolute atomic E-state index is 12.0. The second-order valence-electron chi connectivity index (χ2n) is 6.42. The number of phosphoric ester groups is 1. The van der Waals surface area contributed by atoms with Crippen molar-refractivity contribution in [3.8, 4) is 0 Å². The highest BCUT2D eigenvalue weighted by Crippen LogP contribution is 2.44. The van der Waals surface area contributed by atoms with Crippen LogP contribution in [0.1, 0.15) is 38.3 Å². The third-order valence-electron chi connectivity index (χ3n) is 4.35. The minimum absolute atomic E-state index is 0.117. The third kappa shape index (κ3) is 7.14. The SMILES string of the molecule is CO[C@@H]1C[C@H](n2ccc(N)nc2=O)O[C@@H]1COP(=O)(O)OCCCCCCS. The average molecular weight is 437 g/mol. The smallest absolute Gasteiger partial charge is 0.383 e. The summed E-state index contributed by atoms with van der Waals surface area (Å²) in [4.78, 5) is 25.5. The van der Waals surface area contributed by atoms with Gasteiger partial charge in [0.05, 0.1) is 19.3 Å². The van der Waals surface area contributed by atoms with Crippen LogP contribution in [0, 0.1) is 0 Å². The van der Waals surface area contributed by atoms with Gasteiger partial charge in [-0.1, -0.05) is 12.8 Å². The predicted molar refractivity (Wildman–Crippen MR) is 106 cm³/mol. The Labute approximate surface area is 169 Å². The highest BCUT2D eigenvalue weighted by Gasteiger charge is 2.38. The zero-order chi connectivity index (χ0) is 20.6. The van der Waals surface area contributed by atoms with Crippen LogP contribution in [0.25, 0.3) is 0 Å². The number of thiol groups is 1. The number of rotatable bonds is 12. The van der Waals surface area contributed by atoms with Crippen molar-refractivity contribution in [3.63, 3.8) is 0 Å². The van der Waals surface area contributed by atoms with E-state index in [-0.39, 0.29) is 19.0 Å². The molecule has 0 spiro atoms. The van der Waals surface area contributed by atoms with E-state index in [0.717, 1.165) is 25.0 Å². The van der Waals surface area contributed by atoms with Crippen molar-refractivity contribution in [2.45, 2.75) is 50.5 Å². The zero-order valence-electron chi connectivity index (χ0n) is 15.8. The fourth-order valence-corrected chi connectivity index (χ4v) is 3.86. The largest absolute Gasteiger partial charge is 0.472 e. The van der Waals surface area contributed by atoms with Crippen LogP contribution in [0.2, 0.25) is 0 Å². The van der Waals surface area contributed by atoms with Gasteiger partial charge in [0.1, 0.15) is 18.1 Å². The molecule has 1 fully saturated rings. The summed E-state index contributed by atoms with van der Waals surface area (Å²) >= 11 is 4.13. The molecule has 28 heavy (non-hydrogen) atoms. The monoisotopic (exact) mass is 437 g/mol. The zero-order valence-corrected chi connectivity index (χ0v) is 17.6. The second kappa shape index (κ2) is 11.3. The Morgan fingerprint density at radius 1 is 1.39 bits per heavy atom. The number of aromatic nitrogens is 2. The van der Waals surface area contributed by atoms with Crippen LogP contribution in [0.5, 0.6) is 0 Å². The molecule has 0 amide bonds. The van der Waals surface area contributed by atoms with Gasteiger partial charge < -0.3 is 20.1 Å². The molecule has 0 saturated carbocycles. The lowest BCUT2D eigenvalue weighted by molar-refractivity contribution is -0.0538. The average Bonchev–Trinajstić information content (AvgIpc) is 3.06. The standard InChI is InChI=1S/C16H28N3O7PS/c1-23-12-10-15(19-7-6-14(17)18-16(19)20)26-13(12)11-25-27(21,22)24-8-4-2-3-5-9-28/h6-7,12-13,15,28H,2-5,8-11H2,1H3,(H,21,22)(H2,17,18,20)/t12-,13-,15-/m1/s1. The fraction of sp³-hybridized carbons (Fsp3) is 0.750. The molecule has 0 aliphatic carbocycles. The Morgan fingerprint density at radius 2 is 2.14 bits per heavy atom. The number of unbranched alkanes of at least 4 members (excludes halogenated alkanes) is 3. The maximum atomic E-state index is 12.0. The first-order valence-corrected chi connectivity index (χ1v) is 11.2. The van der Waals surface area contributed by atoms with Crippen LogP contribution in [0.3, 0.4) is 0 Å². The van der Waals surface area contributed by atoms with E-state index in [9.17, 15) is 14.3 Å². The molecule has 2 heterocycles. The van der Waals surface area contributed by atoms with Gasteiger partial charge in [0.15, 0.2) is 0 Å². The number of hydrogen-bond acceptors (Lipinski definition) is 9. The molecular weight excluding hydrogens is 409 g/mol. The van der Waals surface area contributed by atoms with Gasteiger partial charge in [-0.15, -0.1) is 0 Å². The number of nitrogen functional groups attached to an aromatic ring is 1. The van der Waals surface area contributed by atoms with Gasteiger partial charge in [0.2, 0.25) is 0 Å². The lowest BCUT2D eigenvalue weighted by Gasteiger charge is -2.19. The molecular formula is C16H28N3O7PS. The first-order valence-electron chi connectivity index (χ1n) is 9.12. The molecule has 3 N–H and O–H groups in total. The van der Waals surface area contributed by atoms with Crippen molar-refractivity contribution >= 4 is 26.3 Å². The fourth-order valence-electron chi connectivity index (χ4n) is 2.87. The molecule has 0 aromatic carbocycles. The number of ether oxygens (including phenoxy) is 2. The van der Waals surface area contributed by atoms with Crippen molar-refractivity contribution in [3.05, 3.63) is 22.7 Å². The summed E-state index contributed by atoms with van der Waals surface area (Å²) < 4.78 is 34.5. The second-order valence-corrected chi connectivity index (χ2v) is 8.32. The van der Waals surface area contributed by atoms with Crippen LogP contribution in [-0.2, 0) is 23.1 Å². The van der Waals surface area contributed by atoms with E-state index in [1.54, 1.807) is 0 Å². The maximum Gasteiger partial charge on any atom is 0.472 e. The summed E-state index contributed by atoms with van der Waals surface area (Å²) in [5.74, 6) is 0.941. The molecule has 1 aliphatic heterocycles. The van der Waals surface area contributed by atoms with Crippen LogP contribution < -0.4 is 11.4 Å². The van der Waals surface area contributed by atoms with E-state index in [1.807, 2.05) is 0 Å². The normalized spacial score (nSPS) is 24.3. The summed E-state index contributed by atoms with van der Waals surface area (Å²) in [6.07, 6.45) is 3.70. The van der Waals surface area contributed by atoms with Gasteiger partial charge in [-0.25, -0.2) is 9.36 Å². The summed E-state index contributed by atoms with van der Waals surface area (Å²) in [7, 11) is -2.70. The molecule has 10 nitrogen and oxygen atoms in total. The molecule has 0 radical (unpaired) electrons. The van der Waals surface area contributed by atoms with E-state index < -0.39 is 31.9 Å². The van der Waals surface area contributed by atoms with Crippen LogP contribution in [0.15, 0.2) is 17.1 Å². The van der Waals surface area contributed by atoms with E-state index in [2.05, 4.69) is 17.6 Å². The highest BCUT2D eigenvalue weighted by atomic mass is 32.1. The summed E-state index contributed by atoms with van der Waals surface area (Å²) in [6.45, 7) is -0.0751. The summed E-state index contributed by atoms with van der Waals surface area (Å²) in [5, 5.41) is 0. The summed E-state index contributed by atoms with van der Waals surface area (Å²) in [6, 6.07) is 1.49. The van der Waals surface area contributed by atoms with E-state index in [4.69, 9.17) is 24.3 Å². The summed E-state index contributed by atoms with van der Waals surface area (Å²) in [5.41, 5.74) is 4.94. The van der Waals surface area contributed by atoms with Crippen molar-refractivity contribution in [2.24, 2.45) is 0 Å². The van der Waals surface area contributed by atoms with Gasteiger partial charge in [-0.2, -0.15) is 17.6 Å². The quantitative estimate of drug-likeness (QED) is 0.254. The van der Waals surface area contributed by atoms with E-state index in [0.29, 0.717) is 12.8 Å². The molecule has 12 heteroatoms. The molecule has 1 aromatic heterocycles. The predicted octanol–water partition coefficient (Wildman–Crippen LogP) is 1.75. The molecule has 2 rings (SSSR count). The van der Waals surface area contributed by atoms with Crippen molar-refractivity contribution in [2.75, 3.05) is 31.8 Å². The minimum Gasteiger partial charge on any atom is -0.383 e. The van der Waals surface area contributed by atoms with Gasteiger partial charge >= 0.3 is 13.5 Å². The van der Waals surface area contributed by atoms with Crippen molar-refractivity contribution in [1.29, 1.82) is 0 Å². The van der Waals surface area contributed by atoms with E-state index in [1.165, 1.54) is 23.9 Å². The molecule has 4 atom stereocenters. The lowest BCUT2D eigenvalue weighted by Crippen LogP contribution is -2.29. The van der Waals surface area contributed by atoms with Gasteiger partial charge in [-0.05, 0) is 24.7 Å². The molecule has 160 valence electrons. The molecule has 1 saturated heterocycles. The number of hydrogen-bond donors (Lipinski definition) is 3. The number of nitrogens with zero attached hydrogens (tertiary/aromatic N) is 2. The molecule has 0 bridgehead atoms. The highest BCUT2D eigenvalue weighted by molar-refractivity contribution is 7.80. The first kappa shape index (κ1) is 23.3. The molecule has 1 aliphatic rings. The Bertz CT molecular complexity index is 720. The van der Waals surface area contributed by atoms with Gasteiger partial charge in [0.25, 0.3) is 0 Å². The van der Waals surface area contributed by atoms with Crippen LogP contribution >= 0.6 is 20.5 Å². The third-order valence-corrected chi connectivity index (χ3v) is 5.65.